The molecule has 0 fully saturated rings. The Hall–Kier alpha value is -1.23. The van der Waals surface area contributed by atoms with E-state index in [1.807, 2.05) is 0 Å². The SMILES string of the molecule is N#CCCCSc1nn(-c2ccc(F)cc2)c(=S)s1. The molecule has 0 saturated carbocycles. The number of benzene rings is 1. The summed E-state index contributed by atoms with van der Waals surface area (Å²) in [5, 5.41) is 12.9. The van der Waals surface area contributed by atoms with Crippen LogP contribution in [0, 0.1) is 21.1 Å². The second-order valence-corrected chi connectivity index (χ2v) is 6.60. The fraction of sp³-hybridized carbons (Fsp3) is 0.250. The first-order valence-electron chi connectivity index (χ1n) is 5.56. The van der Waals surface area contributed by atoms with Crippen LogP contribution in [0.3, 0.4) is 0 Å². The molecule has 0 bridgehead atoms. The van der Waals surface area contributed by atoms with Gasteiger partial charge in [-0.25, -0.2) is 9.07 Å². The van der Waals surface area contributed by atoms with E-state index >= 15 is 0 Å². The number of thioether (sulfide) groups is 1. The molecule has 0 unspecified atom stereocenters. The second kappa shape index (κ2) is 6.80. The predicted molar refractivity (Wildman–Crippen MR) is 77.8 cm³/mol. The highest BCUT2D eigenvalue weighted by molar-refractivity contribution is 8.01. The van der Waals surface area contributed by atoms with Gasteiger partial charge in [0.05, 0.1) is 11.8 Å². The molecular weight excluding hydrogens is 301 g/mol. The van der Waals surface area contributed by atoms with Crippen LogP contribution in [0.4, 0.5) is 4.39 Å². The minimum atomic E-state index is -0.281. The van der Waals surface area contributed by atoms with Crippen molar-refractivity contribution in [3.05, 3.63) is 34.0 Å². The van der Waals surface area contributed by atoms with Gasteiger partial charge < -0.3 is 0 Å². The Morgan fingerprint density at radius 2 is 2.16 bits per heavy atom. The topological polar surface area (TPSA) is 41.6 Å². The van der Waals surface area contributed by atoms with Crippen molar-refractivity contribution in [2.75, 3.05) is 5.75 Å². The summed E-state index contributed by atoms with van der Waals surface area (Å²) < 4.78 is 16.0. The monoisotopic (exact) mass is 311 g/mol. The molecule has 98 valence electrons. The Labute approximate surface area is 123 Å². The zero-order chi connectivity index (χ0) is 13.7. The van der Waals surface area contributed by atoms with E-state index in [1.165, 1.54) is 23.5 Å². The van der Waals surface area contributed by atoms with Gasteiger partial charge >= 0.3 is 0 Å². The van der Waals surface area contributed by atoms with E-state index in [9.17, 15) is 4.39 Å². The molecule has 0 spiro atoms. The normalized spacial score (nSPS) is 10.3. The number of aromatic nitrogens is 2. The lowest BCUT2D eigenvalue weighted by atomic mass is 10.3. The number of halogens is 1. The molecule has 1 aromatic carbocycles. The van der Waals surface area contributed by atoms with Gasteiger partial charge in [-0.1, -0.05) is 23.1 Å². The lowest BCUT2D eigenvalue weighted by Gasteiger charge is -1.99. The van der Waals surface area contributed by atoms with Crippen LogP contribution >= 0.6 is 35.3 Å². The van der Waals surface area contributed by atoms with Crippen molar-refractivity contribution in [1.82, 2.24) is 9.78 Å². The van der Waals surface area contributed by atoms with Crippen molar-refractivity contribution in [3.63, 3.8) is 0 Å². The highest BCUT2D eigenvalue weighted by atomic mass is 32.2. The summed E-state index contributed by atoms with van der Waals surface area (Å²) in [6.07, 6.45) is 1.39. The van der Waals surface area contributed by atoms with Crippen molar-refractivity contribution in [1.29, 1.82) is 5.26 Å². The van der Waals surface area contributed by atoms with Crippen LogP contribution in [-0.2, 0) is 0 Å². The van der Waals surface area contributed by atoms with Crippen molar-refractivity contribution in [2.45, 2.75) is 17.2 Å². The summed E-state index contributed by atoms with van der Waals surface area (Å²) in [5.74, 6) is 0.566. The number of hydrogen-bond donors (Lipinski definition) is 0. The van der Waals surface area contributed by atoms with Gasteiger partial charge in [-0.3, -0.25) is 0 Å². The van der Waals surface area contributed by atoms with Gasteiger partial charge in [-0.2, -0.15) is 5.26 Å². The molecule has 0 saturated heterocycles. The first-order chi connectivity index (χ1) is 9.20. The number of hydrogen-bond acceptors (Lipinski definition) is 5. The van der Waals surface area contributed by atoms with E-state index < -0.39 is 0 Å². The summed E-state index contributed by atoms with van der Waals surface area (Å²) in [5.41, 5.74) is 0.756. The lowest BCUT2D eigenvalue weighted by molar-refractivity contribution is 0.627. The van der Waals surface area contributed by atoms with Crippen LogP contribution in [-0.4, -0.2) is 15.5 Å². The molecule has 2 rings (SSSR count). The van der Waals surface area contributed by atoms with E-state index in [-0.39, 0.29) is 5.82 Å². The second-order valence-electron chi connectivity index (χ2n) is 3.63. The Morgan fingerprint density at radius 1 is 1.42 bits per heavy atom. The van der Waals surface area contributed by atoms with E-state index in [1.54, 1.807) is 28.6 Å². The van der Waals surface area contributed by atoms with Crippen LogP contribution in [0.15, 0.2) is 28.6 Å². The molecule has 0 amide bonds. The molecule has 2 aromatic rings. The van der Waals surface area contributed by atoms with Gasteiger partial charge in [0.15, 0.2) is 8.29 Å². The molecular formula is C12H10FN3S3. The third-order valence-electron chi connectivity index (χ3n) is 2.26. The summed E-state index contributed by atoms with van der Waals surface area (Å²) in [6.45, 7) is 0. The summed E-state index contributed by atoms with van der Waals surface area (Å²) in [4.78, 5) is 0. The van der Waals surface area contributed by atoms with Crippen LogP contribution in [0.1, 0.15) is 12.8 Å². The Bertz CT molecular complexity index is 639. The van der Waals surface area contributed by atoms with Gasteiger partial charge in [0, 0.05) is 12.2 Å². The van der Waals surface area contributed by atoms with E-state index in [2.05, 4.69) is 11.2 Å². The van der Waals surface area contributed by atoms with Gasteiger partial charge in [0.25, 0.3) is 0 Å². The van der Waals surface area contributed by atoms with Gasteiger partial charge in [0.1, 0.15) is 5.82 Å². The maximum Gasteiger partial charge on any atom is 0.184 e. The first-order valence-corrected chi connectivity index (χ1v) is 7.77. The van der Waals surface area contributed by atoms with Gasteiger partial charge in [-0.05, 0) is 42.9 Å². The Morgan fingerprint density at radius 3 is 2.84 bits per heavy atom. The highest BCUT2D eigenvalue weighted by Gasteiger charge is 2.06. The minimum absolute atomic E-state index is 0.281. The fourth-order valence-electron chi connectivity index (χ4n) is 1.38. The third-order valence-corrected chi connectivity index (χ3v) is 4.71. The lowest BCUT2D eigenvalue weighted by Crippen LogP contribution is -1.96. The van der Waals surface area contributed by atoms with Crippen molar-refractivity contribution in [3.8, 4) is 11.8 Å². The maximum atomic E-state index is 12.9. The molecule has 19 heavy (non-hydrogen) atoms. The van der Waals surface area contributed by atoms with Crippen molar-refractivity contribution >= 4 is 35.3 Å². The van der Waals surface area contributed by atoms with E-state index in [4.69, 9.17) is 17.5 Å². The number of nitriles is 1. The average molecular weight is 311 g/mol. The molecule has 3 nitrogen and oxygen atoms in total. The van der Waals surface area contributed by atoms with Crippen LogP contribution in [0.5, 0.6) is 0 Å². The predicted octanol–water partition coefficient (Wildman–Crippen LogP) is 4.20. The minimum Gasteiger partial charge on any atom is -0.211 e. The zero-order valence-electron chi connectivity index (χ0n) is 9.88. The zero-order valence-corrected chi connectivity index (χ0v) is 12.3. The average Bonchev–Trinajstić information content (AvgIpc) is 2.77. The molecule has 0 N–H and O–H groups in total. The number of unbranched alkanes of at least 4 members (excludes halogenated alkanes) is 1. The van der Waals surface area contributed by atoms with E-state index in [0.29, 0.717) is 10.4 Å². The van der Waals surface area contributed by atoms with Crippen LogP contribution in [0.2, 0.25) is 0 Å². The summed E-state index contributed by atoms with van der Waals surface area (Å²) in [6, 6.07) is 8.18. The summed E-state index contributed by atoms with van der Waals surface area (Å²) >= 11 is 8.26. The van der Waals surface area contributed by atoms with Crippen LogP contribution < -0.4 is 0 Å². The molecule has 0 atom stereocenters. The maximum absolute atomic E-state index is 12.9. The molecule has 7 heteroatoms. The molecule has 0 aliphatic rings. The van der Waals surface area contributed by atoms with E-state index in [0.717, 1.165) is 22.2 Å². The van der Waals surface area contributed by atoms with Crippen molar-refractivity contribution in [2.24, 2.45) is 0 Å². The van der Waals surface area contributed by atoms with Gasteiger partial charge in [0.2, 0.25) is 0 Å². The summed E-state index contributed by atoms with van der Waals surface area (Å²) in [7, 11) is 0. The molecule has 0 aliphatic heterocycles. The molecule has 0 aliphatic carbocycles. The standard InChI is InChI=1S/C12H10FN3S3/c13-9-3-5-10(6-4-9)16-12(17)19-11(15-16)18-8-2-1-7-14/h3-6H,1-2,8H2. The first kappa shape index (κ1) is 14.2. The Balaban J connectivity index is 2.11. The molecule has 1 aromatic heterocycles. The third kappa shape index (κ3) is 3.86. The van der Waals surface area contributed by atoms with Gasteiger partial charge in [-0.15, -0.1) is 5.10 Å². The highest BCUT2D eigenvalue weighted by Crippen LogP contribution is 2.24. The smallest absolute Gasteiger partial charge is 0.184 e. The molecule has 0 radical (unpaired) electrons. The molecule has 1 heterocycles. The van der Waals surface area contributed by atoms with Crippen LogP contribution in [0.25, 0.3) is 5.69 Å². The van der Waals surface area contributed by atoms with Crippen molar-refractivity contribution < 1.29 is 4.39 Å². The largest absolute Gasteiger partial charge is 0.211 e. The Kier molecular flexibility index (Phi) is 5.07. The fourth-order valence-corrected chi connectivity index (χ4v) is 3.75. The number of rotatable bonds is 5. The quantitative estimate of drug-likeness (QED) is 0.471. The number of nitrogens with zero attached hydrogens (tertiary/aromatic N) is 3.